The van der Waals surface area contributed by atoms with Gasteiger partial charge in [-0.25, -0.2) is 14.2 Å². The predicted molar refractivity (Wildman–Crippen MR) is 126 cm³/mol. The molecule has 1 aliphatic rings. The summed E-state index contributed by atoms with van der Waals surface area (Å²) < 4.78 is 1.78. The van der Waals surface area contributed by atoms with Gasteiger partial charge in [0, 0.05) is 37.4 Å². The number of nitrogens with one attached hydrogen (secondary N) is 2. The molecule has 0 saturated carbocycles. The first-order valence-corrected chi connectivity index (χ1v) is 11.5. The van der Waals surface area contributed by atoms with Crippen LogP contribution in [0.15, 0.2) is 42.6 Å². The minimum absolute atomic E-state index is 0.338. The summed E-state index contributed by atoms with van der Waals surface area (Å²) in [6, 6.07) is 11.1. The van der Waals surface area contributed by atoms with Crippen LogP contribution < -0.4 is 15.5 Å². The van der Waals surface area contributed by atoms with E-state index in [2.05, 4.69) is 31.7 Å². The van der Waals surface area contributed by atoms with Gasteiger partial charge in [0.15, 0.2) is 5.65 Å². The van der Waals surface area contributed by atoms with E-state index in [1.807, 2.05) is 38.2 Å². The molecule has 2 N–H and O–H groups in total. The lowest BCUT2D eigenvalue weighted by Gasteiger charge is -2.29. The highest BCUT2D eigenvalue weighted by molar-refractivity contribution is 5.93. The van der Waals surface area contributed by atoms with E-state index in [4.69, 9.17) is 9.68 Å². The molecule has 0 spiro atoms. The van der Waals surface area contributed by atoms with Crippen LogP contribution in [0.5, 0.6) is 0 Å². The fourth-order valence-electron chi connectivity index (χ4n) is 3.47. The molecule has 0 bridgehead atoms. The number of amides is 1. The third-order valence-corrected chi connectivity index (χ3v) is 5.18. The molecular formula is C23H31N7O3. The van der Waals surface area contributed by atoms with Crippen molar-refractivity contribution in [2.24, 2.45) is 0 Å². The van der Waals surface area contributed by atoms with Crippen LogP contribution in [0.3, 0.4) is 0 Å². The van der Waals surface area contributed by atoms with Crippen molar-refractivity contribution in [1.29, 1.82) is 0 Å². The van der Waals surface area contributed by atoms with E-state index in [9.17, 15) is 4.79 Å². The fourth-order valence-corrected chi connectivity index (χ4v) is 3.47. The molecule has 0 aliphatic carbocycles. The first-order valence-electron chi connectivity index (χ1n) is 11.5. The highest BCUT2D eigenvalue weighted by Crippen LogP contribution is 2.19. The molecule has 0 unspecified atom stereocenters. The number of hydrogen-bond donors (Lipinski definition) is 2. The number of piperazine rings is 1. The van der Waals surface area contributed by atoms with E-state index in [0.717, 1.165) is 61.3 Å². The summed E-state index contributed by atoms with van der Waals surface area (Å²) in [5, 5.41) is 12.1. The van der Waals surface area contributed by atoms with Gasteiger partial charge in [0.05, 0.1) is 25.1 Å². The normalized spacial score (nSPS) is 13.9. The maximum atomic E-state index is 12.7. The third-order valence-electron chi connectivity index (χ3n) is 5.18. The maximum absolute atomic E-state index is 12.7. The number of anilines is 3. The first-order chi connectivity index (χ1) is 16.2. The van der Waals surface area contributed by atoms with Gasteiger partial charge in [0.1, 0.15) is 0 Å². The van der Waals surface area contributed by atoms with Crippen LogP contribution in [0.2, 0.25) is 0 Å². The Morgan fingerprint density at radius 1 is 1.06 bits per heavy atom. The highest BCUT2D eigenvalue weighted by atomic mass is 17.0. The predicted octanol–water partition coefficient (Wildman–Crippen LogP) is 3.01. The molecule has 3 heterocycles. The number of nitrogens with zero attached hydrogens (tertiary/aromatic N) is 5. The van der Waals surface area contributed by atoms with Gasteiger partial charge in [-0.2, -0.15) is 4.98 Å². The van der Waals surface area contributed by atoms with E-state index in [-0.39, 0.29) is 5.91 Å². The SMILES string of the molecule is CCCON(OCCC)C(=O)c1ccc(Nc2nc3ccc(N4CCNCC4)cn3n2)cc1. The smallest absolute Gasteiger partial charge is 0.303 e. The second-order valence-electron chi connectivity index (χ2n) is 7.79. The maximum Gasteiger partial charge on any atom is 0.303 e. The van der Waals surface area contributed by atoms with Gasteiger partial charge in [-0.05, 0) is 49.2 Å². The average Bonchev–Trinajstić information content (AvgIpc) is 3.26. The van der Waals surface area contributed by atoms with E-state index in [1.54, 1.807) is 16.6 Å². The van der Waals surface area contributed by atoms with Gasteiger partial charge >= 0.3 is 5.91 Å². The summed E-state index contributed by atoms with van der Waals surface area (Å²) in [6.07, 6.45) is 3.57. The minimum Gasteiger partial charge on any atom is -0.368 e. The number of aromatic nitrogens is 3. The second-order valence-corrected chi connectivity index (χ2v) is 7.79. The molecule has 10 nitrogen and oxygen atoms in total. The molecule has 1 saturated heterocycles. The van der Waals surface area contributed by atoms with Crippen molar-refractivity contribution in [3.63, 3.8) is 0 Å². The Balaban J connectivity index is 1.43. The standard InChI is InChI=1S/C23H31N7O3/c1-3-15-32-30(33-16-4-2)22(31)18-5-7-19(8-6-18)25-23-26-21-10-9-20(17-29(21)27-23)28-13-11-24-12-14-28/h5-10,17,24H,3-4,11-16H2,1-2H3,(H,25,27). The Morgan fingerprint density at radius 2 is 1.76 bits per heavy atom. The summed E-state index contributed by atoms with van der Waals surface area (Å²) in [6.45, 7) is 8.67. The van der Waals surface area contributed by atoms with Crippen LogP contribution in [0.4, 0.5) is 17.3 Å². The molecule has 0 radical (unpaired) electrons. The van der Waals surface area contributed by atoms with Crippen LogP contribution >= 0.6 is 0 Å². The molecule has 1 aromatic carbocycles. The molecule has 10 heteroatoms. The van der Waals surface area contributed by atoms with Crippen LogP contribution in [0.25, 0.3) is 5.65 Å². The third kappa shape index (κ3) is 5.78. The molecule has 1 aliphatic heterocycles. The molecule has 4 rings (SSSR count). The highest BCUT2D eigenvalue weighted by Gasteiger charge is 2.18. The molecule has 1 amide bonds. The molecule has 33 heavy (non-hydrogen) atoms. The number of pyridine rings is 1. The first kappa shape index (κ1) is 23.0. The van der Waals surface area contributed by atoms with Crippen molar-refractivity contribution in [2.45, 2.75) is 26.7 Å². The van der Waals surface area contributed by atoms with Gasteiger partial charge in [-0.15, -0.1) is 5.10 Å². The van der Waals surface area contributed by atoms with Crippen LogP contribution in [-0.4, -0.2) is 65.1 Å². The number of benzene rings is 1. The minimum atomic E-state index is -0.338. The molecule has 0 atom stereocenters. The Hall–Kier alpha value is -3.21. The zero-order valence-electron chi connectivity index (χ0n) is 19.2. The van der Waals surface area contributed by atoms with Crippen molar-refractivity contribution >= 4 is 28.9 Å². The number of hydroxylamine groups is 2. The Morgan fingerprint density at radius 3 is 2.42 bits per heavy atom. The summed E-state index contributed by atoms with van der Waals surface area (Å²) >= 11 is 0. The number of carbonyl (C=O) groups excluding carboxylic acids is 1. The number of fused-ring (bicyclic) bond motifs is 1. The Kier molecular flexibility index (Phi) is 7.71. The summed E-state index contributed by atoms with van der Waals surface area (Å²) in [5.74, 6) is 0.153. The summed E-state index contributed by atoms with van der Waals surface area (Å²) in [7, 11) is 0. The van der Waals surface area contributed by atoms with Crippen LogP contribution in [0.1, 0.15) is 37.0 Å². The topological polar surface area (TPSA) is 96.3 Å². The van der Waals surface area contributed by atoms with Crippen molar-refractivity contribution in [3.05, 3.63) is 48.2 Å². The van der Waals surface area contributed by atoms with Crippen LogP contribution in [0, 0.1) is 0 Å². The number of rotatable bonds is 10. The molecule has 176 valence electrons. The van der Waals surface area contributed by atoms with Gasteiger partial charge in [-0.3, -0.25) is 4.79 Å². The Labute approximate surface area is 193 Å². The van der Waals surface area contributed by atoms with Crippen molar-refractivity contribution < 1.29 is 14.5 Å². The van der Waals surface area contributed by atoms with Gasteiger partial charge in [0.25, 0.3) is 0 Å². The monoisotopic (exact) mass is 453 g/mol. The summed E-state index contributed by atoms with van der Waals surface area (Å²) in [5.41, 5.74) is 3.14. The van der Waals surface area contributed by atoms with E-state index in [0.29, 0.717) is 24.7 Å². The fraction of sp³-hybridized carbons (Fsp3) is 0.435. The van der Waals surface area contributed by atoms with Crippen molar-refractivity contribution in [3.8, 4) is 0 Å². The molecule has 2 aromatic heterocycles. The number of carbonyl (C=O) groups is 1. The zero-order chi connectivity index (χ0) is 23.0. The average molecular weight is 454 g/mol. The lowest BCUT2D eigenvalue weighted by molar-refractivity contribution is -0.327. The quantitative estimate of drug-likeness (QED) is 0.452. The molecular weight excluding hydrogens is 422 g/mol. The number of hydrogen-bond acceptors (Lipinski definition) is 8. The molecule has 3 aromatic rings. The Bertz CT molecular complexity index is 1040. The lowest BCUT2D eigenvalue weighted by Crippen LogP contribution is -2.43. The van der Waals surface area contributed by atoms with Gasteiger partial charge < -0.3 is 15.5 Å². The van der Waals surface area contributed by atoms with E-state index >= 15 is 0 Å². The van der Waals surface area contributed by atoms with Gasteiger partial charge in [0.2, 0.25) is 5.95 Å². The lowest BCUT2D eigenvalue weighted by atomic mass is 10.2. The largest absolute Gasteiger partial charge is 0.368 e. The zero-order valence-corrected chi connectivity index (χ0v) is 19.2. The van der Waals surface area contributed by atoms with E-state index in [1.165, 1.54) is 0 Å². The van der Waals surface area contributed by atoms with E-state index < -0.39 is 0 Å². The van der Waals surface area contributed by atoms with Gasteiger partial charge in [-0.1, -0.05) is 19.1 Å². The summed E-state index contributed by atoms with van der Waals surface area (Å²) in [4.78, 5) is 30.5. The van der Waals surface area contributed by atoms with Crippen molar-refractivity contribution in [1.82, 2.24) is 25.1 Å². The second kappa shape index (κ2) is 11.1. The van der Waals surface area contributed by atoms with Crippen LogP contribution in [-0.2, 0) is 9.68 Å². The molecule has 1 fully saturated rings. The van der Waals surface area contributed by atoms with Crippen molar-refractivity contribution in [2.75, 3.05) is 49.6 Å².